The van der Waals surface area contributed by atoms with Crippen LogP contribution in [-0.2, 0) is 5.75 Å². The number of para-hydroxylation sites is 2. The van der Waals surface area contributed by atoms with E-state index in [4.69, 9.17) is 10.5 Å². The van der Waals surface area contributed by atoms with E-state index in [0.29, 0.717) is 29.6 Å². The molecule has 7 heteroatoms. The second-order valence-corrected chi connectivity index (χ2v) is 5.84. The molecule has 4 nitrogen and oxygen atoms in total. The number of benzene rings is 2. The van der Waals surface area contributed by atoms with Gasteiger partial charge in [-0.2, -0.15) is 11.8 Å². The van der Waals surface area contributed by atoms with Crippen LogP contribution in [0.3, 0.4) is 0 Å². The van der Waals surface area contributed by atoms with E-state index in [1.54, 1.807) is 31.0 Å². The highest BCUT2D eigenvalue weighted by atomic mass is 127. The van der Waals surface area contributed by atoms with Crippen molar-refractivity contribution >= 4 is 47.4 Å². The monoisotopic (exact) mass is 461 g/mol. The molecule has 24 heavy (non-hydrogen) atoms. The first-order valence-corrected chi connectivity index (χ1v) is 8.37. The van der Waals surface area contributed by atoms with Crippen LogP contribution in [0.15, 0.2) is 53.5 Å². The summed E-state index contributed by atoms with van der Waals surface area (Å²) in [6, 6.07) is 14.3. The van der Waals surface area contributed by atoms with Crippen LogP contribution in [0.4, 0.5) is 10.1 Å². The van der Waals surface area contributed by atoms with Gasteiger partial charge in [0, 0.05) is 11.5 Å². The highest BCUT2D eigenvalue weighted by Gasteiger charge is 2.02. The Hall–Kier alpha value is -1.48. The molecule has 0 fully saturated rings. The van der Waals surface area contributed by atoms with E-state index >= 15 is 0 Å². The molecule has 0 aliphatic rings. The molecule has 0 atom stereocenters. The van der Waals surface area contributed by atoms with Crippen LogP contribution < -0.4 is 15.8 Å². The van der Waals surface area contributed by atoms with Gasteiger partial charge in [0.15, 0.2) is 5.96 Å². The zero-order valence-electron chi connectivity index (χ0n) is 13.4. The minimum Gasteiger partial charge on any atom is -0.495 e. The fourth-order valence-electron chi connectivity index (χ4n) is 1.95. The van der Waals surface area contributed by atoms with Crippen LogP contribution in [0, 0.1) is 5.82 Å². The van der Waals surface area contributed by atoms with Gasteiger partial charge in [-0.1, -0.05) is 30.3 Å². The Bertz CT molecular complexity index is 670. The van der Waals surface area contributed by atoms with Gasteiger partial charge in [-0.3, -0.25) is 4.99 Å². The van der Waals surface area contributed by atoms with E-state index < -0.39 is 0 Å². The third-order valence-electron chi connectivity index (χ3n) is 3.10. The second-order valence-electron chi connectivity index (χ2n) is 4.74. The van der Waals surface area contributed by atoms with Crippen molar-refractivity contribution in [2.75, 3.05) is 24.7 Å². The number of nitrogens with zero attached hydrogens (tertiary/aromatic N) is 1. The third kappa shape index (κ3) is 6.56. The van der Waals surface area contributed by atoms with Gasteiger partial charge in [0.05, 0.1) is 19.3 Å². The molecule has 2 aromatic rings. The number of hydrogen-bond donors (Lipinski definition) is 2. The number of nitrogens with two attached hydrogens (primary N) is 1. The number of rotatable bonds is 7. The van der Waals surface area contributed by atoms with E-state index in [9.17, 15) is 4.39 Å². The van der Waals surface area contributed by atoms with Gasteiger partial charge >= 0.3 is 0 Å². The van der Waals surface area contributed by atoms with Crippen LogP contribution >= 0.6 is 35.7 Å². The van der Waals surface area contributed by atoms with Gasteiger partial charge in [0.2, 0.25) is 0 Å². The van der Waals surface area contributed by atoms with Gasteiger partial charge in [0.25, 0.3) is 0 Å². The quantitative estimate of drug-likeness (QED) is 0.282. The minimum atomic E-state index is -0.166. The standard InChI is InChI=1S/C17H20FN3OS.HI/c1-22-16-9-5-4-8-15(16)21-17(19)20-10-11-23-12-13-6-2-3-7-14(13)18;/h2-9H,10-12H2,1H3,(H3,19,20,21);1H. The Morgan fingerprint density at radius 1 is 1.21 bits per heavy atom. The Kier molecular flexibility index (Phi) is 9.55. The summed E-state index contributed by atoms with van der Waals surface area (Å²) in [4.78, 5) is 4.26. The molecule has 0 bridgehead atoms. The van der Waals surface area contributed by atoms with Crippen molar-refractivity contribution in [3.8, 4) is 5.75 Å². The van der Waals surface area contributed by atoms with Gasteiger partial charge in [-0.25, -0.2) is 4.39 Å². The van der Waals surface area contributed by atoms with Crippen molar-refractivity contribution in [1.29, 1.82) is 0 Å². The first kappa shape index (κ1) is 20.6. The maximum absolute atomic E-state index is 13.5. The molecular weight excluding hydrogens is 440 g/mol. The molecule has 0 spiro atoms. The highest BCUT2D eigenvalue weighted by Crippen LogP contribution is 2.22. The van der Waals surface area contributed by atoms with E-state index in [2.05, 4.69) is 10.3 Å². The molecule has 0 aliphatic heterocycles. The molecule has 0 heterocycles. The molecule has 2 rings (SSSR count). The minimum absolute atomic E-state index is 0. The molecule has 0 saturated heterocycles. The largest absolute Gasteiger partial charge is 0.495 e. The first-order chi connectivity index (χ1) is 11.2. The Morgan fingerprint density at radius 2 is 1.92 bits per heavy atom. The number of anilines is 1. The highest BCUT2D eigenvalue weighted by molar-refractivity contribution is 14.0. The van der Waals surface area contributed by atoms with Crippen LogP contribution in [-0.4, -0.2) is 25.4 Å². The summed E-state index contributed by atoms with van der Waals surface area (Å²) >= 11 is 1.62. The van der Waals surface area contributed by atoms with E-state index in [-0.39, 0.29) is 29.8 Å². The molecule has 0 amide bonds. The summed E-state index contributed by atoms with van der Waals surface area (Å²) in [6.45, 7) is 0.563. The van der Waals surface area contributed by atoms with E-state index in [1.807, 2.05) is 30.3 Å². The number of aliphatic imine (C=N–C) groups is 1. The molecule has 0 saturated carbocycles. The number of ether oxygens (including phenoxy) is 1. The molecular formula is C17H21FIN3OS. The van der Waals surface area contributed by atoms with Crippen molar-refractivity contribution in [3.63, 3.8) is 0 Å². The molecule has 3 N–H and O–H groups in total. The zero-order valence-corrected chi connectivity index (χ0v) is 16.5. The van der Waals surface area contributed by atoms with Crippen LogP contribution in [0.5, 0.6) is 5.75 Å². The third-order valence-corrected chi connectivity index (χ3v) is 4.09. The summed E-state index contributed by atoms with van der Waals surface area (Å²) in [5.74, 6) is 2.27. The lowest BCUT2D eigenvalue weighted by Crippen LogP contribution is -2.23. The molecule has 130 valence electrons. The van der Waals surface area contributed by atoms with E-state index in [0.717, 1.165) is 11.4 Å². The van der Waals surface area contributed by atoms with Gasteiger partial charge in [-0.15, -0.1) is 24.0 Å². The summed E-state index contributed by atoms with van der Waals surface area (Å²) in [5, 5.41) is 3.01. The predicted octanol–water partition coefficient (Wildman–Crippen LogP) is 4.11. The molecule has 0 aliphatic carbocycles. The maximum Gasteiger partial charge on any atom is 0.193 e. The van der Waals surface area contributed by atoms with Crippen molar-refractivity contribution in [2.24, 2.45) is 10.7 Å². The SMILES string of the molecule is COc1ccccc1NC(N)=NCCSCc1ccccc1F.I. The molecule has 2 aromatic carbocycles. The van der Waals surface area contributed by atoms with Gasteiger partial charge < -0.3 is 15.8 Å². The van der Waals surface area contributed by atoms with Gasteiger partial charge in [-0.05, 0) is 23.8 Å². The van der Waals surface area contributed by atoms with Crippen LogP contribution in [0.1, 0.15) is 5.56 Å². The Labute approximate surface area is 163 Å². The van der Waals surface area contributed by atoms with Crippen molar-refractivity contribution in [3.05, 3.63) is 59.9 Å². The van der Waals surface area contributed by atoms with Crippen molar-refractivity contribution in [2.45, 2.75) is 5.75 Å². The maximum atomic E-state index is 13.5. The van der Waals surface area contributed by atoms with E-state index in [1.165, 1.54) is 6.07 Å². The topological polar surface area (TPSA) is 59.6 Å². The normalized spacial score (nSPS) is 10.8. The smallest absolute Gasteiger partial charge is 0.193 e. The lowest BCUT2D eigenvalue weighted by Gasteiger charge is -2.10. The average Bonchev–Trinajstić information content (AvgIpc) is 2.56. The lowest BCUT2D eigenvalue weighted by atomic mass is 10.2. The van der Waals surface area contributed by atoms with Crippen molar-refractivity contribution < 1.29 is 9.13 Å². The first-order valence-electron chi connectivity index (χ1n) is 7.22. The fourth-order valence-corrected chi connectivity index (χ4v) is 2.77. The number of halogens is 2. The average molecular weight is 461 g/mol. The summed E-state index contributed by atoms with van der Waals surface area (Å²) < 4.78 is 18.7. The molecule has 0 aromatic heterocycles. The Morgan fingerprint density at radius 3 is 2.67 bits per heavy atom. The second kappa shape index (κ2) is 11.1. The number of thioether (sulfide) groups is 1. The molecule has 0 unspecified atom stereocenters. The van der Waals surface area contributed by atoms with Crippen molar-refractivity contribution in [1.82, 2.24) is 0 Å². The number of nitrogens with one attached hydrogen (secondary N) is 1. The Balaban J connectivity index is 0.00000288. The predicted molar refractivity (Wildman–Crippen MR) is 111 cm³/mol. The summed E-state index contributed by atoms with van der Waals surface area (Å²) in [5.41, 5.74) is 7.34. The number of methoxy groups -OCH3 is 1. The number of hydrogen-bond acceptors (Lipinski definition) is 3. The summed E-state index contributed by atoms with van der Waals surface area (Å²) in [6.07, 6.45) is 0. The van der Waals surface area contributed by atoms with Crippen LogP contribution in [0.25, 0.3) is 0 Å². The zero-order chi connectivity index (χ0) is 16.5. The van der Waals surface area contributed by atoms with Gasteiger partial charge in [0.1, 0.15) is 11.6 Å². The van der Waals surface area contributed by atoms with Crippen LogP contribution in [0.2, 0.25) is 0 Å². The molecule has 0 radical (unpaired) electrons. The summed E-state index contributed by atoms with van der Waals surface area (Å²) in [7, 11) is 1.60. The lowest BCUT2D eigenvalue weighted by molar-refractivity contribution is 0.417. The number of guanidine groups is 1. The fraction of sp³-hybridized carbons (Fsp3) is 0.235.